The zero-order valence-electron chi connectivity index (χ0n) is 26.8. The Morgan fingerprint density at radius 3 is 2.25 bits per heavy atom. The quantitative estimate of drug-likeness (QED) is 0.259. The van der Waals surface area contributed by atoms with Crippen LogP contribution in [-0.2, 0) is 30.3 Å². The third-order valence-electron chi connectivity index (χ3n) is 8.03. The van der Waals surface area contributed by atoms with Gasteiger partial charge in [0.25, 0.3) is 0 Å². The van der Waals surface area contributed by atoms with Crippen LogP contribution in [0.15, 0.2) is 73.1 Å². The fraction of sp³-hybridized carbons (Fsp3) is 0.444. The van der Waals surface area contributed by atoms with E-state index in [9.17, 15) is 14.4 Å². The molecule has 1 fully saturated rings. The highest BCUT2D eigenvalue weighted by Crippen LogP contribution is 2.32. The highest BCUT2D eigenvalue weighted by molar-refractivity contribution is 5.92. The highest BCUT2D eigenvalue weighted by Gasteiger charge is 2.48. The van der Waals surface area contributed by atoms with E-state index in [-0.39, 0.29) is 11.9 Å². The molecule has 0 radical (unpaired) electrons. The zero-order valence-corrected chi connectivity index (χ0v) is 26.8. The van der Waals surface area contributed by atoms with Crippen LogP contribution in [-0.4, -0.2) is 40.7 Å². The maximum Gasteiger partial charge on any atom is 0.338 e. The summed E-state index contributed by atoms with van der Waals surface area (Å²) in [6.45, 7) is 13.0. The number of nitrogens with zero attached hydrogens (tertiary/aromatic N) is 1. The van der Waals surface area contributed by atoms with Gasteiger partial charge in [0.15, 0.2) is 6.10 Å². The Hall–Kier alpha value is -4.04. The number of carbonyl (C=O) groups is 3. The van der Waals surface area contributed by atoms with Crippen molar-refractivity contribution >= 4 is 17.8 Å². The first-order valence-corrected chi connectivity index (χ1v) is 15.3. The van der Waals surface area contributed by atoms with Gasteiger partial charge in [0, 0.05) is 26.2 Å². The molecule has 1 aliphatic rings. The van der Waals surface area contributed by atoms with Crippen molar-refractivity contribution in [2.24, 2.45) is 11.3 Å². The van der Waals surface area contributed by atoms with Gasteiger partial charge < -0.3 is 20.1 Å². The van der Waals surface area contributed by atoms with E-state index in [0.717, 1.165) is 17.5 Å². The van der Waals surface area contributed by atoms with E-state index in [1.807, 2.05) is 58.0 Å². The second-order valence-electron chi connectivity index (χ2n) is 13.2. The summed E-state index contributed by atoms with van der Waals surface area (Å²) < 4.78 is 11.4. The minimum absolute atomic E-state index is 0.284. The number of hydrogen-bond donors (Lipinski definition) is 2. The normalized spacial score (nSPS) is 18.2. The molecular formula is C36H45N3O5. The molecule has 1 aromatic heterocycles. The van der Waals surface area contributed by atoms with Crippen LogP contribution < -0.4 is 10.6 Å². The van der Waals surface area contributed by atoms with Crippen LogP contribution >= 0.6 is 0 Å². The average Bonchev–Trinajstić information content (AvgIpc) is 3.25. The third-order valence-corrected chi connectivity index (χ3v) is 8.03. The van der Waals surface area contributed by atoms with Gasteiger partial charge in [0.1, 0.15) is 6.04 Å². The Morgan fingerprint density at radius 1 is 0.977 bits per heavy atom. The molecule has 0 spiro atoms. The Kier molecular flexibility index (Phi) is 10.3. The number of ether oxygens (including phenoxy) is 2. The maximum atomic E-state index is 13.9. The summed E-state index contributed by atoms with van der Waals surface area (Å²) >= 11 is 0. The standard InChI is InChI=1S/C36H45N3O5/c1-23-22-25(16-17-28(23)27-13-9-8-10-14-27)12-11-15-29(30-34(42)44-36(6,7)43-30)32(40)39-31(35(3,4)5)33(41)38-24(2)26-18-20-37-21-19-26/h8-10,13-14,16-22,24,29-31H,11-12,15H2,1-7H3,(H,38,41)(H,39,40). The molecule has 0 aliphatic carbocycles. The van der Waals surface area contributed by atoms with Gasteiger partial charge >= 0.3 is 5.97 Å². The molecule has 4 rings (SSSR count). The van der Waals surface area contributed by atoms with Crippen molar-refractivity contribution in [3.05, 3.63) is 89.7 Å². The van der Waals surface area contributed by atoms with Crippen LogP contribution in [0, 0.1) is 18.3 Å². The molecule has 234 valence electrons. The van der Waals surface area contributed by atoms with Crippen molar-refractivity contribution in [3.8, 4) is 11.1 Å². The van der Waals surface area contributed by atoms with Gasteiger partial charge in [-0.3, -0.25) is 14.6 Å². The summed E-state index contributed by atoms with van der Waals surface area (Å²) in [5.74, 6) is -3.25. The number of hydrogen-bond acceptors (Lipinski definition) is 6. The second-order valence-corrected chi connectivity index (χ2v) is 13.2. The van der Waals surface area contributed by atoms with Crippen LogP contribution in [0.4, 0.5) is 0 Å². The fourth-order valence-corrected chi connectivity index (χ4v) is 5.65. The molecule has 3 aromatic rings. The van der Waals surface area contributed by atoms with E-state index in [4.69, 9.17) is 9.47 Å². The first-order chi connectivity index (χ1) is 20.7. The van der Waals surface area contributed by atoms with E-state index in [1.54, 1.807) is 26.2 Å². The summed E-state index contributed by atoms with van der Waals surface area (Å²) in [7, 11) is 0. The number of carbonyl (C=O) groups excluding carboxylic acids is 3. The molecule has 2 heterocycles. The molecule has 8 heteroatoms. The molecule has 8 nitrogen and oxygen atoms in total. The SMILES string of the molecule is Cc1cc(CCCC(C(=O)NC(C(=O)NC(C)c2ccncc2)C(C)(C)C)C2OC(C)(C)OC2=O)ccc1-c1ccccc1. The maximum absolute atomic E-state index is 13.9. The van der Waals surface area contributed by atoms with Crippen LogP contribution in [0.3, 0.4) is 0 Å². The fourth-order valence-electron chi connectivity index (χ4n) is 5.65. The number of aryl methyl sites for hydroxylation is 2. The smallest absolute Gasteiger partial charge is 0.338 e. The molecule has 0 bridgehead atoms. The number of amides is 2. The van der Waals surface area contributed by atoms with E-state index in [2.05, 4.69) is 52.9 Å². The van der Waals surface area contributed by atoms with Crippen LogP contribution in [0.1, 0.15) is 77.1 Å². The van der Waals surface area contributed by atoms with Gasteiger partial charge in [0.2, 0.25) is 17.6 Å². The first-order valence-electron chi connectivity index (χ1n) is 15.3. The predicted octanol–water partition coefficient (Wildman–Crippen LogP) is 6.08. The lowest BCUT2D eigenvalue weighted by molar-refractivity contribution is -0.162. The van der Waals surface area contributed by atoms with E-state index in [1.165, 1.54) is 16.7 Å². The Labute approximate surface area is 261 Å². The van der Waals surface area contributed by atoms with E-state index < -0.39 is 41.1 Å². The zero-order chi connectivity index (χ0) is 32.1. The van der Waals surface area contributed by atoms with Crippen molar-refractivity contribution in [2.75, 3.05) is 0 Å². The minimum atomic E-state index is -1.13. The van der Waals surface area contributed by atoms with Crippen LogP contribution in [0.25, 0.3) is 11.1 Å². The summed E-state index contributed by atoms with van der Waals surface area (Å²) in [6, 6.07) is 19.2. The molecule has 4 unspecified atom stereocenters. The summed E-state index contributed by atoms with van der Waals surface area (Å²) in [4.78, 5) is 44.4. The lowest BCUT2D eigenvalue weighted by Crippen LogP contribution is -2.56. The van der Waals surface area contributed by atoms with Gasteiger partial charge in [-0.05, 0) is 78.5 Å². The third kappa shape index (κ3) is 8.32. The Balaban J connectivity index is 1.48. The number of benzene rings is 2. The Morgan fingerprint density at radius 2 is 1.66 bits per heavy atom. The van der Waals surface area contributed by atoms with Gasteiger partial charge in [-0.15, -0.1) is 0 Å². The van der Waals surface area contributed by atoms with E-state index >= 15 is 0 Å². The lowest BCUT2D eigenvalue weighted by atomic mass is 9.84. The van der Waals surface area contributed by atoms with Gasteiger partial charge in [0.05, 0.1) is 12.0 Å². The number of esters is 1. The molecule has 4 atom stereocenters. The van der Waals surface area contributed by atoms with Crippen molar-refractivity contribution in [1.82, 2.24) is 15.6 Å². The summed E-state index contributed by atoms with van der Waals surface area (Å²) in [5, 5.41) is 5.99. The van der Waals surface area contributed by atoms with Crippen molar-refractivity contribution in [2.45, 2.75) is 91.7 Å². The lowest BCUT2D eigenvalue weighted by Gasteiger charge is -2.33. The molecule has 44 heavy (non-hydrogen) atoms. The van der Waals surface area contributed by atoms with Gasteiger partial charge in [-0.2, -0.15) is 0 Å². The first kappa shape index (κ1) is 32.9. The molecule has 2 aromatic carbocycles. The monoisotopic (exact) mass is 599 g/mol. The number of rotatable bonds is 11. The second kappa shape index (κ2) is 13.7. The number of cyclic esters (lactones) is 1. The van der Waals surface area contributed by atoms with Crippen molar-refractivity contribution < 1.29 is 23.9 Å². The number of aromatic nitrogens is 1. The average molecular weight is 600 g/mol. The van der Waals surface area contributed by atoms with Crippen molar-refractivity contribution in [3.63, 3.8) is 0 Å². The van der Waals surface area contributed by atoms with Gasteiger partial charge in [-0.1, -0.05) is 69.3 Å². The van der Waals surface area contributed by atoms with Crippen LogP contribution in [0.5, 0.6) is 0 Å². The minimum Gasteiger partial charge on any atom is -0.432 e. The molecule has 2 N–H and O–H groups in total. The molecule has 2 amide bonds. The largest absolute Gasteiger partial charge is 0.432 e. The number of nitrogens with one attached hydrogen (secondary N) is 2. The van der Waals surface area contributed by atoms with Crippen LogP contribution in [0.2, 0.25) is 0 Å². The summed E-state index contributed by atoms with van der Waals surface area (Å²) in [6.07, 6.45) is 4.03. The van der Waals surface area contributed by atoms with Gasteiger partial charge in [-0.25, -0.2) is 4.79 Å². The Bertz CT molecular complexity index is 1450. The highest BCUT2D eigenvalue weighted by atomic mass is 16.8. The van der Waals surface area contributed by atoms with E-state index in [0.29, 0.717) is 12.8 Å². The summed E-state index contributed by atoms with van der Waals surface area (Å²) in [5.41, 5.74) is 4.97. The molecular weight excluding hydrogens is 554 g/mol. The molecule has 1 saturated heterocycles. The molecule has 0 saturated carbocycles. The topological polar surface area (TPSA) is 107 Å². The predicted molar refractivity (Wildman–Crippen MR) is 170 cm³/mol. The molecule has 1 aliphatic heterocycles. The van der Waals surface area contributed by atoms with Crippen molar-refractivity contribution in [1.29, 1.82) is 0 Å². The number of pyridine rings is 1.